The minimum atomic E-state index is -0.00876. The van der Waals surface area contributed by atoms with Crippen molar-refractivity contribution in [1.82, 2.24) is 9.97 Å². The number of Topliss-reactive ketones (excluding diaryl/α,β-unsaturated/α-hetero) is 1. The molecule has 0 saturated carbocycles. The van der Waals surface area contributed by atoms with E-state index in [1.807, 2.05) is 31.2 Å². The summed E-state index contributed by atoms with van der Waals surface area (Å²) in [7, 11) is 0. The van der Waals surface area contributed by atoms with E-state index in [0.29, 0.717) is 22.8 Å². The second kappa shape index (κ2) is 5.27. The zero-order valence-corrected chi connectivity index (χ0v) is 11.0. The zero-order valence-electron chi connectivity index (χ0n) is 10.3. The Morgan fingerprint density at radius 2 is 1.94 bits per heavy atom. The summed E-state index contributed by atoms with van der Waals surface area (Å²) in [6.07, 6.45) is 2.23. The molecule has 0 saturated heterocycles. The predicted octanol–water partition coefficient (Wildman–Crippen LogP) is 3.23. The summed E-state index contributed by atoms with van der Waals surface area (Å²) in [5.74, 6) is 0.699. The van der Waals surface area contributed by atoms with Gasteiger partial charge in [0.1, 0.15) is 5.82 Å². The van der Waals surface area contributed by atoms with E-state index in [1.54, 1.807) is 6.20 Å². The molecule has 92 valence electrons. The standard InChI is InChI=1S/C14H13ClN2O/c1-9-13(10(2)18)8-16-14(17-9)7-11-3-5-12(15)6-4-11/h3-6,8H,7H2,1-2H3. The van der Waals surface area contributed by atoms with Crippen LogP contribution in [0.3, 0.4) is 0 Å². The van der Waals surface area contributed by atoms with E-state index in [-0.39, 0.29) is 5.78 Å². The Hall–Kier alpha value is -1.74. The van der Waals surface area contributed by atoms with E-state index >= 15 is 0 Å². The molecule has 1 aromatic carbocycles. The van der Waals surface area contributed by atoms with Crippen molar-refractivity contribution < 1.29 is 4.79 Å². The van der Waals surface area contributed by atoms with Gasteiger partial charge in [0, 0.05) is 17.6 Å². The van der Waals surface area contributed by atoms with Crippen molar-refractivity contribution in [1.29, 1.82) is 0 Å². The number of halogens is 1. The SMILES string of the molecule is CC(=O)c1cnc(Cc2ccc(Cl)cc2)nc1C. The monoisotopic (exact) mass is 260 g/mol. The zero-order chi connectivity index (χ0) is 13.1. The van der Waals surface area contributed by atoms with Gasteiger partial charge in [-0.1, -0.05) is 23.7 Å². The van der Waals surface area contributed by atoms with Crippen LogP contribution in [0.5, 0.6) is 0 Å². The molecule has 0 N–H and O–H groups in total. The summed E-state index contributed by atoms with van der Waals surface area (Å²) in [5.41, 5.74) is 2.39. The van der Waals surface area contributed by atoms with Crippen LogP contribution in [0.4, 0.5) is 0 Å². The lowest BCUT2D eigenvalue weighted by Crippen LogP contribution is -2.04. The average Bonchev–Trinajstić information content (AvgIpc) is 2.32. The van der Waals surface area contributed by atoms with E-state index < -0.39 is 0 Å². The Balaban J connectivity index is 2.22. The van der Waals surface area contributed by atoms with Crippen LogP contribution in [0.1, 0.15) is 34.4 Å². The van der Waals surface area contributed by atoms with Gasteiger partial charge in [0.25, 0.3) is 0 Å². The van der Waals surface area contributed by atoms with Crippen molar-refractivity contribution in [2.24, 2.45) is 0 Å². The first-order valence-corrected chi connectivity index (χ1v) is 6.02. The molecule has 0 fully saturated rings. The van der Waals surface area contributed by atoms with Gasteiger partial charge in [0.05, 0.1) is 11.3 Å². The number of carbonyl (C=O) groups excluding carboxylic acids is 1. The van der Waals surface area contributed by atoms with Crippen molar-refractivity contribution in [3.63, 3.8) is 0 Å². The molecule has 0 aliphatic rings. The minimum Gasteiger partial charge on any atom is -0.294 e. The molecule has 0 radical (unpaired) electrons. The molecule has 0 spiro atoms. The average molecular weight is 261 g/mol. The number of carbonyl (C=O) groups is 1. The van der Waals surface area contributed by atoms with Gasteiger partial charge < -0.3 is 0 Å². The molecule has 18 heavy (non-hydrogen) atoms. The van der Waals surface area contributed by atoms with Crippen molar-refractivity contribution in [2.45, 2.75) is 20.3 Å². The smallest absolute Gasteiger partial charge is 0.163 e. The summed E-state index contributed by atoms with van der Waals surface area (Å²) in [6, 6.07) is 7.57. The molecule has 2 aromatic rings. The van der Waals surface area contributed by atoms with Gasteiger partial charge in [-0.3, -0.25) is 4.79 Å². The quantitative estimate of drug-likeness (QED) is 0.796. The second-order valence-corrected chi connectivity index (χ2v) is 4.58. The Kier molecular flexibility index (Phi) is 3.72. The van der Waals surface area contributed by atoms with Gasteiger partial charge >= 0.3 is 0 Å². The van der Waals surface area contributed by atoms with Gasteiger partial charge in [-0.2, -0.15) is 0 Å². The third kappa shape index (κ3) is 2.93. The van der Waals surface area contributed by atoms with Gasteiger partial charge in [-0.05, 0) is 31.5 Å². The number of ketones is 1. The van der Waals surface area contributed by atoms with Crippen LogP contribution < -0.4 is 0 Å². The molecule has 0 amide bonds. The highest BCUT2D eigenvalue weighted by Gasteiger charge is 2.07. The van der Waals surface area contributed by atoms with Gasteiger partial charge in [-0.15, -0.1) is 0 Å². The third-order valence-electron chi connectivity index (χ3n) is 2.68. The molecule has 3 nitrogen and oxygen atoms in total. The Morgan fingerprint density at radius 1 is 1.28 bits per heavy atom. The molecular formula is C14H13ClN2O. The summed E-state index contributed by atoms with van der Waals surface area (Å²) in [5, 5.41) is 0.711. The molecular weight excluding hydrogens is 248 g/mol. The number of hydrogen-bond donors (Lipinski definition) is 0. The number of nitrogens with zero attached hydrogens (tertiary/aromatic N) is 2. The molecule has 4 heteroatoms. The van der Waals surface area contributed by atoms with E-state index in [1.165, 1.54) is 6.92 Å². The number of aromatic nitrogens is 2. The topological polar surface area (TPSA) is 42.9 Å². The molecule has 0 unspecified atom stereocenters. The van der Waals surface area contributed by atoms with E-state index in [0.717, 1.165) is 11.3 Å². The molecule has 1 heterocycles. The number of rotatable bonds is 3. The summed E-state index contributed by atoms with van der Waals surface area (Å²) in [4.78, 5) is 19.8. The van der Waals surface area contributed by atoms with Crippen LogP contribution in [0.25, 0.3) is 0 Å². The maximum Gasteiger partial charge on any atom is 0.163 e. The van der Waals surface area contributed by atoms with Crippen LogP contribution in [0.15, 0.2) is 30.5 Å². The van der Waals surface area contributed by atoms with E-state index in [9.17, 15) is 4.79 Å². The van der Waals surface area contributed by atoms with Gasteiger partial charge in [-0.25, -0.2) is 9.97 Å². The van der Waals surface area contributed by atoms with Crippen LogP contribution in [0, 0.1) is 6.92 Å². The third-order valence-corrected chi connectivity index (χ3v) is 2.94. The normalized spacial score (nSPS) is 10.4. The van der Waals surface area contributed by atoms with E-state index in [2.05, 4.69) is 9.97 Å². The first-order valence-electron chi connectivity index (χ1n) is 5.64. The largest absolute Gasteiger partial charge is 0.294 e. The van der Waals surface area contributed by atoms with Crippen molar-refractivity contribution in [2.75, 3.05) is 0 Å². The van der Waals surface area contributed by atoms with Crippen LogP contribution in [0.2, 0.25) is 5.02 Å². The Bertz CT molecular complexity index is 579. The van der Waals surface area contributed by atoms with Crippen LogP contribution >= 0.6 is 11.6 Å². The number of hydrogen-bond acceptors (Lipinski definition) is 3. The molecule has 0 aliphatic carbocycles. The highest BCUT2D eigenvalue weighted by Crippen LogP contribution is 2.13. The molecule has 0 bridgehead atoms. The lowest BCUT2D eigenvalue weighted by Gasteiger charge is -2.04. The highest BCUT2D eigenvalue weighted by atomic mass is 35.5. The summed E-state index contributed by atoms with van der Waals surface area (Å²) < 4.78 is 0. The van der Waals surface area contributed by atoms with Crippen molar-refractivity contribution in [3.8, 4) is 0 Å². The highest BCUT2D eigenvalue weighted by molar-refractivity contribution is 6.30. The van der Waals surface area contributed by atoms with Crippen molar-refractivity contribution in [3.05, 3.63) is 58.1 Å². The summed E-state index contributed by atoms with van der Waals surface area (Å²) in [6.45, 7) is 3.34. The second-order valence-electron chi connectivity index (χ2n) is 4.14. The minimum absolute atomic E-state index is 0.00876. The maximum absolute atomic E-state index is 11.3. The predicted molar refractivity (Wildman–Crippen MR) is 71.0 cm³/mol. The van der Waals surface area contributed by atoms with Crippen LogP contribution in [-0.4, -0.2) is 15.8 Å². The summed E-state index contributed by atoms with van der Waals surface area (Å²) >= 11 is 5.83. The fraction of sp³-hybridized carbons (Fsp3) is 0.214. The van der Waals surface area contributed by atoms with Crippen LogP contribution in [-0.2, 0) is 6.42 Å². The Labute approximate surface area is 111 Å². The molecule has 2 rings (SSSR count). The lowest BCUT2D eigenvalue weighted by molar-refractivity contribution is 0.101. The first kappa shape index (κ1) is 12.7. The van der Waals surface area contributed by atoms with Gasteiger partial charge in [0.15, 0.2) is 5.78 Å². The molecule has 0 aliphatic heterocycles. The first-order chi connectivity index (χ1) is 8.56. The fourth-order valence-corrected chi connectivity index (χ4v) is 1.86. The Morgan fingerprint density at radius 3 is 2.50 bits per heavy atom. The van der Waals surface area contributed by atoms with Crippen molar-refractivity contribution >= 4 is 17.4 Å². The van der Waals surface area contributed by atoms with Gasteiger partial charge in [0.2, 0.25) is 0 Å². The number of benzene rings is 1. The lowest BCUT2D eigenvalue weighted by atomic mass is 10.1. The number of aryl methyl sites for hydroxylation is 1. The fourth-order valence-electron chi connectivity index (χ4n) is 1.73. The molecule has 0 atom stereocenters. The maximum atomic E-state index is 11.3. The molecule has 1 aromatic heterocycles. The van der Waals surface area contributed by atoms with E-state index in [4.69, 9.17) is 11.6 Å².